The Bertz CT molecular complexity index is 941. The predicted octanol–water partition coefficient (Wildman–Crippen LogP) is 4.61. The van der Waals surface area contributed by atoms with Gasteiger partial charge < -0.3 is 14.8 Å². The first-order chi connectivity index (χ1) is 13.6. The molecule has 1 aromatic heterocycles. The quantitative estimate of drug-likeness (QED) is 0.551. The lowest BCUT2D eigenvalue weighted by molar-refractivity contribution is -0.115. The monoisotopic (exact) mass is 443 g/mol. The van der Waals surface area contributed by atoms with Crippen LogP contribution in [-0.2, 0) is 11.2 Å². The molecule has 1 N–H and O–H groups in total. The van der Waals surface area contributed by atoms with Gasteiger partial charge in [-0.3, -0.25) is 4.79 Å². The Morgan fingerprint density at radius 1 is 1.07 bits per heavy atom. The number of para-hydroxylation sites is 1. The first kappa shape index (κ1) is 19.9. The SMILES string of the molecule is CCOc1cc(Br)c(CC(=O)Nc2ccn(-c3ccccc3)n2)cc1OCC. The summed E-state index contributed by atoms with van der Waals surface area (Å²) in [4.78, 5) is 12.5. The molecule has 0 spiro atoms. The Morgan fingerprint density at radius 3 is 2.43 bits per heavy atom. The summed E-state index contributed by atoms with van der Waals surface area (Å²) in [6.07, 6.45) is 2.00. The van der Waals surface area contributed by atoms with Crippen LogP contribution in [0.25, 0.3) is 5.69 Å². The summed E-state index contributed by atoms with van der Waals surface area (Å²) in [5.41, 5.74) is 1.74. The second kappa shape index (κ2) is 9.41. The van der Waals surface area contributed by atoms with Crippen LogP contribution in [0.4, 0.5) is 5.82 Å². The maximum absolute atomic E-state index is 12.5. The number of rotatable bonds is 8. The molecule has 0 saturated heterocycles. The van der Waals surface area contributed by atoms with Crippen molar-refractivity contribution >= 4 is 27.7 Å². The van der Waals surface area contributed by atoms with Crippen LogP contribution in [0, 0.1) is 0 Å². The number of hydrogen-bond donors (Lipinski definition) is 1. The van der Waals surface area contributed by atoms with Crippen LogP contribution in [0.5, 0.6) is 11.5 Å². The minimum atomic E-state index is -0.161. The molecule has 0 unspecified atom stereocenters. The number of amides is 1. The largest absolute Gasteiger partial charge is 0.490 e. The van der Waals surface area contributed by atoms with Crippen LogP contribution in [0.1, 0.15) is 19.4 Å². The van der Waals surface area contributed by atoms with Crippen molar-refractivity contribution < 1.29 is 14.3 Å². The first-order valence-corrected chi connectivity index (χ1v) is 9.89. The zero-order valence-corrected chi connectivity index (χ0v) is 17.4. The average molecular weight is 444 g/mol. The molecular formula is C21H22BrN3O3. The number of carbonyl (C=O) groups excluding carboxylic acids is 1. The summed E-state index contributed by atoms with van der Waals surface area (Å²) in [5, 5.41) is 7.23. The highest BCUT2D eigenvalue weighted by Crippen LogP contribution is 2.34. The molecule has 7 heteroatoms. The Hall–Kier alpha value is -2.80. The number of benzene rings is 2. The van der Waals surface area contributed by atoms with E-state index in [1.807, 2.05) is 62.5 Å². The number of nitrogens with one attached hydrogen (secondary N) is 1. The molecule has 0 atom stereocenters. The van der Waals surface area contributed by atoms with Crippen molar-refractivity contribution in [1.82, 2.24) is 9.78 Å². The van der Waals surface area contributed by atoms with Gasteiger partial charge in [-0.1, -0.05) is 34.1 Å². The molecule has 2 aromatic carbocycles. The lowest BCUT2D eigenvalue weighted by Gasteiger charge is -2.14. The fourth-order valence-electron chi connectivity index (χ4n) is 2.72. The third-order valence-electron chi connectivity index (χ3n) is 3.94. The molecule has 0 aliphatic carbocycles. The van der Waals surface area contributed by atoms with E-state index in [1.165, 1.54) is 0 Å². The summed E-state index contributed by atoms with van der Waals surface area (Å²) in [5.74, 6) is 1.62. The van der Waals surface area contributed by atoms with Crippen LogP contribution in [0.2, 0.25) is 0 Å². The van der Waals surface area contributed by atoms with Gasteiger partial charge in [0.25, 0.3) is 0 Å². The van der Waals surface area contributed by atoms with E-state index in [1.54, 1.807) is 10.7 Å². The highest BCUT2D eigenvalue weighted by molar-refractivity contribution is 9.10. The average Bonchev–Trinajstić information content (AvgIpc) is 3.15. The molecule has 0 radical (unpaired) electrons. The number of anilines is 1. The zero-order chi connectivity index (χ0) is 19.9. The van der Waals surface area contributed by atoms with Gasteiger partial charge in [-0.2, -0.15) is 5.10 Å². The van der Waals surface area contributed by atoms with Gasteiger partial charge in [0.05, 0.1) is 25.3 Å². The van der Waals surface area contributed by atoms with Crippen molar-refractivity contribution in [3.63, 3.8) is 0 Å². The van der Waals surface area contributed by atoms with Gasteiger partial charge in [0, 0.05) is 16.7 Å². The normalized spacial score (nSPS) is 10.5. The minimum absolute atomic E-state index is 0.161. The van der Waals surface area contributed by atoms with E-state index in [0.29, 0.717) is 30.5 Å². The molecule has 1 heterocycles. The number of nitrogens with zero attached hydrogens (tertiary/aromatic N) is 2. The van der Waals surface area contributed by atoms with Crippen molar-refractivity contribution in [2.24, 2.45) is 0 Å². The summed E-state index contributed by atoms with van der Waals surface area (Å²) in [7, 11) is 0. The molecule has 0 aliphatic rings. The Kier molecular flexibility index (Phi) is 6.71. The summed E-state index contributed by atoms with van der Waals surface area (Å²) < 4.78 is 13.8. The van der Waals surface area contributed by atoms with Crippen molar-refractivity contribution in [2.75, 3.05) is 18.5 Å². The smallest absolute Gasteiger partial charge is 0.230 e. The lowest BCUT2D eigenvalue weighted by Crippen LogP contribution is -2.15. The molecule has 3 aromatic rings. The first-order valence-electron chi connectivity index (χ1n) is 9.09. The van der Waals surface area contributed by atoms with E-state index in [2.05, 4.69) is 26.3 Å². The molecule has 0 fully saturated rings. The summed E-state index contributed by atoms with van der Waals surface area (Å²) >= 11 is 3.52. The summed E-state index contributed by atoms with van der Waals surface area (Å²) in [6.45, 7) is 4.88. The van der Waals surface area contributed by atoms with Crippen LogP contribution < -0.4 is 14.8 Å². The molecule has 28 heavy (non-hydrogen) atoms. The Morgan fingerprint density at radius 2 is 1.75 bits per heavy atom. The van der Waals surface area contributed by atoms with Gasteiger partial charge in [0.1, 0.15) is 0 Å². The van der Waals surface area contributed by atoms with Crippen LogP contribution in [0.3, 0.4) is 0 Å². The standard InChI is InChI=1S/C21H22BrN3O3/c1-3-27-18-12-15(17(22)14-19(18)28-4-2)13-21(26)23-20-10-11-25(24-20)16-8-6-5-7-9-16/h5-12,14H,3-4,13H2,1-2H3,(H,23,24,26). The second-order valence-electron chi connectivity index (χ2n) is 5.96. The number of carbonyl (C=O) groups is 1. The number of aromatic nitrogens is 2. The summed E-state index contributed by atoms with van der Waals surface area (Å²) in [6, 6.07) is 15.2. The fourth-order valence-corrected chi connectivity index (χ4v) is 3.19. The van der Waals surface area contributed by atoms with Gasteiger partial charge in [-0.05, 0) is 43.7 Å². The highest BCUT2D eigenvalue weighted by Gasteiger charge is 2.14. The number of hydrogen-bond acceptors (Lipinski definition) is 4. The molecule has 3 rings (SSSR count). The Labute approximate surface area is 172 Å². The van der Waals surface area contributed by atoms with Crippen LogP contribution >= 0.6 is 15.9 Å². The highest BCUT2D eigenvalue weighted by atomic mass is 79.9. The van der Waals surface area contributed by atoms with Crippen molar-refractivity contribution in [3.8, 4) is 17.2 Å². The lowest BCUT2D eigenvalue weighted by atomic mass is 10.1. The maximum Gasteiger partial charge on any atom is 0.230 e. The fraction of sp³-hybridized carbons (Fsp3) is 0.238. The van der Waals surface area contributed by atoms with Crippen molar-refractivity contribution in [3.05, 3.63) is 64.8 Å². The van der Waals surface area contributed by atoms with Crippen molar-refractivity contribution in [1.29, 1.82) is 0 Å². The maximum atomic E-state index is 12.5. The van der Waals surface area contributed by atoms with E-state index in [0.717, 1.165) is 15.7 Å². The zero-order valence-electron chi connectivity index (χ0n) is 15.8. The second-order valence-corrected chi connectivity index (χ2v) is 6.82. The van der Waals surface area contributed by atoms with E-state index in [9.17, 15) is 4.79 Å². The van der Waals surface area contributed by atoms with E-state index < -0.39 is 0 Å². The molecule has 0 saturated carbocycles. The van der Waals surface area contributed by atoms with Crippen LogP contribution in [-0.4, -0.2) is 28.9 Å². The van der Waals surface area contributed by atoms with Crippen molar-refractivity contribution in [2.45, 2.75) is 20.3 Å². The van der Waals surface area contributed by atoms with Gasteiger partial charge in [0.2, 0.25) is 5.91 Å². The molecule has 6 nitrogen and oxygen atoms in total. The third-order valence-corrected chi connectivity index (χ3v) is 4.68. The van der Waals surface area contributed by atoms with Gasteiger partial charge in [-0.15, -0.1) is 0 Å². The number of ether oxygens (including phenoxy) is 2. The molecular weight excluding hydrogens is 422 g/mol. The van der Waals surface area contributed by atoms with Gasteiger partial charge >= 0.3 is 0 Å². The van der Waals surface area contributed by atoms with Gasteiger partial charge in [0.15, 0.2) is 17.3 Å². The third kappa shape index (κ3) is 4.92. The molecule has 0 bridgehead atoms. The molecule has 1 amide bonds. The Balaban J connectivity index is 1.71. The van der Waals surface area contributed by atoms with E-state index >= 15 is 0 Å². The number of halogens is 1. The molecule has 0 aliphatic heterocycles. The topological polar surface area (TPSA) is 65.4 Å². The minimum Gasteiger partial charge on any atom is -0.490 e. The van der Waals surface area contributed by atoms with Gasteiger partial charge in [-0.25, -0.2) is 4.68 Å². The predicted molar refractivity (Wildman–Crippen MR) is 112 cm³/mol. The molecule has 146 valence electrons. The van der Waals surface area contributed by atoms with E-state index in [-0.39, 0.29) is 12.3 Å². The van der Waals surface area contributed by atoms with Crippen LogP contribution in [0.15, 0.2) is 59.2 Å². The van der Waals surface area contributed by atoms with E-state index in [4.69, 9.17) is 9.47 Å².